The number of halogens is 1. The van der Waals surface area contributed by atoms with E-state index < -0.39 is 18.4 Å². The van der Waals surface area contributed by atoms with E-state index in [-0.39, 0.29) is 25.0 Å². The van der Waals surface area contributed by atoms with Crippen molar-refractivity contribution in [3.8, 4) is 11.7 Å². The lowest BCUT2D eigenvalue weighted by atomic mass is 10.0. The van der Waals surface area contributed by atoms with Crippen LogP contribution in [-0.4, -0.2) is 51.0 Å². The van der Waals surface area contributed by atoms with E-state index in [9.17, 15) is 9.18 Å². The quantitative estimate of drug-likeness (QED) is 0.141. The van der Waals surface area contributed by atoms with E-state index in [2.05, 4.69) is 25.4 Å². The van der Waals surface area contributed by atoms with Crippen molar-refractivity contribution in [3.63, 3.8) is 0 Å². The highest BCUT2D eigenvalue weighted by Crippen LogP contribution is 2.29. The molecule has 0 amide bonds. The Labute approximate surface area is 205 Å². The molecule has 0 fully saturated rings. The first kappa shape index (κ1) is 24.5. The summed E-state index contributed by atoms with van der Waals surface area (Å²) in [7, 11) is 1.54. The van der Waals surface area contributed by atoms with Crippen molar-refractivity contribution < 1.29 is 13.9 Å². The summed E-state index contributed by atoms with van der Waals surface area (Å²) in [6.45, 7) is -0.431. The van der Waals surface area contributed by atoms with Gasteiger partial charge in [-0.1, -0.05) is 6.07 Å². The molecule has 186 valence electrons. The Kier molecular flexibility index (Phi) is 7.66. The summed E-state index contributed by atoms with van der Waals surface area (Å²) in [6.07, 6.45) is 3.03. The predicted molar refractivity (Wildman–Crippen MR) is 131 cm³/mol. The second kappa shape index (κ2) is 11.2. The van der Waals surface area contributed by atoms with Crippen LogP contribution in [0.3, 0.4) is 0 Å². The summed E-state index contributed by atoms with van der Waals surface area (Å²) in [4.78, 5) is 23.7. The number of nitrogens with one attached hydrogen (secondary N) is 3. The van der Waals surface area contributed by atoms with Gasteiger partial charge in [0, 0.05) is 23.6 Å². The van der Waals surface area contributed by atoms with Gasteiger partial charge in [0.05, 0.1) is 20.3 Å². The second-order valence-electron chi connectivity index (χ2n) is 7.70. The van der Waals surface area contributed by atoms with Crippen molar-refractivity contribution in [1.82, 2.24) is 24.7 Å². The molecule has 0 spiro atoms. The molecule has 4 aromatic rings. The summed E-state index contributed by atoms with van der Waals surface area (Å²) in [5.74, 6) is 0.931. The van der Waals surface area contributed by atoms with E-state index in [1.165, 1.54) is 19.5 Å². The summed E-state index contributed by atoms with van der Waals surface area (Å²) < 4.78 is 24.4. The molecule has 0 saturated heterocycles. The fraction of sp³-hybridized carbons (Fsp3) is 0.208. The Hall–Kier alpha value is -4.58. The topological polar surface area (TPSA) is 157 Å². The predicted octanol–water partition coefficient (Wildman–Crippen LogP) is 2.33. The van der Waals surface area contributed by atoms with Gasteiger partial charge in [-0.05, 0) is 53.6 Å². The number of hydrogen-bond donors (Lipinski definition) is 4. The zero-order chi connectivity index (χ0) is 25.5. The number of benzene rings is 2. The summed E-state index contributed by atoms with van der Waals surface area (Å²) >= 11 is 0. The van der Waals surface area contributed by atoms with Gasteiger partial charge >= 0.3 is 5.69 Å². The van der Waals surface area contributed by atoms with Crippen LogP contribution in [0.25, 0.3) is 5.95 Å². The molecule has 2 aromatic carbocycles. The van der Waals surface area contributed by atoms with Gasteiger partial charge in [0.1, 0.15) is 24.3 Å². The van der Waals surface area contributed by atoms with Gasteiger partial charge < -0.3 is 20.5 Å². The third-order valence-electron chi connectivity index (χ3n) is 5.20. The van der Waals surface area contributed by atoms with Crippen LogP contribution in [-0.2, 0) is 11.3 Å². The number of hydrogen-bond acceptors (Lipinski definition) is 8. The molecule has 5 N–H and O–H groups in total. The molecule has 11 nitrogen and oxygen atoms in total. The monoisotopic (exact) mass is 492 g/mol. The third-order valence-corrected chi connectivity index (χ3v) is 5.20. The number of anilines is 1. The maximum atomic E-state index is 12.7. The van der Waals surface area contributed by atoms with Crippen LogP contribution in [0.1, 0.15) is 28.6 Å². The maximum Gasteiger partial charge on any atom is 0.350 e. The standard InChI is InChI=1S/C24H25FN8O3/c1-35-19-12-15(14-36-10-7-25)11-17(13-19)20(30-18-5-3-16(4-6-18)21(26)27)22-31-24(34)33(32-22)23-28-8-2-9-29-23/h2-6,8-9,11-13,20,30H,7,10,14H2,1H3,(H3,26,27)(H,31,32,34)/t20-/m0/s1. The molecule has 0 saturated carbocycles. The number of nitrogens with two attached hydrogens (primary N) is 1. The molecule has 0 aliphatic heterocycles. The molecule has 0 unspecified atom stereocenters. The Morgan fingerprint density at radius 1 is 1.22 bits per heavy atom. The van der Waals surface area contributed by atoms with Crippen LogP contribution in [0.15, 0.2) is 65.7 Å². The largest absolute Gasteiger partial charge is 0.497 e. The molecule has 0 radical (unpaired) electrons. The molecule has 2 heterocycles. The van der Waals surface area contributed by atoms with Crippen molar-refractivity contribution in [2.75, 3.05) is 25.7 Å². The zero-order valence-corrected chi connectivity index (χ0v) is 19.4. The molecular weight excluding hydrogens is 467 g/mol. The van der Waals surface area contributed by atoms with Crippen LogP contribution in [0.4, 0.5) is 10.1 Å². The lowest BCUT2D eigenvalue weighted by molar-refractivity contribution is 0.106. The van der Waals surface area contributed by atoms with Crippen LogP contribution in [0, 0.1) is 5.41 Å². The zero-order valence-electron chi connectivity index (χ0n) is 19.4. The average Bonchev–Trinajstić information content (AvgIpc) is 3.29. The van der Waals surface area contributed by atoms with E-state index >= 15 is 0 Å². The minimum Gasteiger partial charge on any atom is -0.497 e. The summed E-state index contributed by atoms with van der Waals surface area (Å²) in [5, 5.41) is 15.4. The highest BCUT2D eigenvalue weighted by atomic mass is 19.1. The number of alkyl halides is 1. The fourth-order valence-corrected chi connectivity index (χ4v) is 3.53. The van der Waals surface area contributed by atoms with Crippen molar-refractivity contribution in [3.05, 3.63) is 93.9 Å². The molecule has 2 aromatic heterocycles. The van der Waals surface area contributed by atoms with Crippen molar-refractivity contribution in [1.29, 1.82) is 5.41 Å². The lowest BCUT2D eigenvalue weighted by Crippen LogP contribution is -2.18. The van der Waals surface area contributed by atoms with Crippen LogP contribution < -0.4 is 21.5 Å². The van der Waals surface area contributed by atoms with Gasteiger partial charge in [-0.2, -0.15) is 0 Å². The van der Waals surface area contributed by atoms with Crippen molar-refractivity contribution in [2.45, 2.75) is 12.6 Å². The van der Waals surface area contributed by atoms with E-state index in [1.807, 2.05) is 6.07 Å². The number of rotatable bonds is 11. The van der Waals surface area contributed by atoms with Gasteiger partial charge in [-0.25, -0.2) is 19.2 Å². The smallest absolute Gasteiger partial charge is 0.350 e. The SMILES string of the molecule is COc1cc(COCCF)cc([C@H](Nc2ccc(C(=N)N)cc2)c2nn(-c3ncccn3)c(=O)[nH]2)c1. The first-order chi connectivity index (χ1) is 17.5. The first-order valence-corrected chi connectivity index (χ1v) is 11.0. The number of nitrogens with zero attached hydrogens (tertiary/aromatic N) is 4. The number of nitrogen functional groups attached to an aromatic ring is 1. The molecule has 0 bridgehead atoms. The average molecular weight is 493 g/mol. The van der Waals surface area contributed by atoms with E-state index in [1.54, 1.807) is 42.5 Å². The van der Waals surface area contributed by atoms with E-state index in [0.29, 0.717) is 28.4 Å². The normalized spacial score (nSPS) is 11.7. The molecule has 12 heteroatoms. The van der Waals surface area contributed by atoms with Crippen LogP contribution in [0.5, 0.6) is 5.75 Å². The Morgan fingerprint density at radius 2 is 1.97 bits per heavy atom. The number of methoxy groups -OCH3 is 1. The number of amidine groups is 1. The van der Waals surface area contributed by atoms with Crippen LogP contribution in [0.2, 0.25) is 0 Å². The van der Waals surface area contributed by atoms with Crippen molar-refractivity contribution in [2.24, 2.45) is 5.73 Å². The van der Waals surface area contributed by atoms with Gasteiger partial charge in [0.2, 0.25) is 0 Å². The van der Waals surface area contributed by atoms with Crippen molar-refractivity contribution >= 4 is 11.5 Å². The fourth-order valence-electron chi connectivity index (χ4n) is 3.53. The minimum absolute atomic E-state index is 0.0223. The van der Waals surface area contributed by atoms with E-state index in [4.69, 9.17) is 20.6 Å². The number of aromatic amines is 1. The second-order valence-corrected chi connectivity index (χ2v) is 7.70. The molecule has 1 atom stereocenters. The Balaban J connectivity index is 1.77. The highest BCUT2D eigenvalue weighted by molar-refractivity contribution is 5.95. The summed E-state index contributed by atoms with van der Waals surface area (Å²) in [5.41, 5.74) is 7.78. The van der Waals surface area contributed by atoms with Crippen LogP contribution >= 0.6 is 0 Å². The molecule has 0 aliphatic rings. The van der Waals surface area contributed by atoms with E-state index in [0.717, 1.165) is 10.2 Å². The maximum absolute atomic E-state index is 12.7. The van der Waals surface area contributed by atoms with Gasteiger partial charge in [-0.3, -0.25) is 10.4 Å². The molecular formula is C24H25FN8O3. The Morgan fingerprint density at radius 3 is 2.64 bits per heavy atom. The van der Waals surface area contributed by atoms with Gasteiger partial charge in [0.25, 0.3) is 5.95 Å². The third kappa shape index (κ3) is 5.73. The Bertz CT molecular complexity index is 1370. The number of ether oxygens (including phenoxy) is 2. The lowest BCUT2D eigenvalue weighted by Gasteiger charge is -2.20. The highest BCUT2D eigenvalue weighted by Gasteiger charge is 2.22. The number of aromatic nitrogens is 5. The molecule has 0 aliphatic carbocycles. The first-order valence-electron chi connectivity index (χ1n) is 11.0. The molecule has 4 rings (SSSR count). The van der Waals surface area contributed by atoms with Gasteiger partial charge in [-0.15, -0.1) is 9.78 Å². The number of H-pyrrole nitrogens is 1. The minimum atomic E-state index is -0.638. The molecule has 36 heavy (non-hydrogen) atoms. The van der Waals surface area contributed by atoms with Gasteiger partial charge in [0.15, 0.2) is 5.82 Å². The summed E-state index contributed by atoms with van der Waals surface area (Å²) in [6, 6.07) is 13.4.